The summed E-state index contributed by atoms with van der Waals surface area (Å²) < 4.78 is 19.3. The van der Waals surface area contributed by atoms with Crippen LogP contribution in [0.4, 0.5) is 9.18 Å². The number of fused-ring (bicyclic) bond motifs is 1. The van der Waals surface area contributed by atoms with Gasteiger partial charge in [0.05, 0.1) is 0 Å². The van der Waals surface area contributed by atoms with Crippen LogP contribution < -0.4 is 10.9 Å². The first-order valence-electron chi connectivity index (χ1n) is 11.2. The first-order chi connectivity index (χ1) is 16.0. The third kappa shape index (κ3) is 4.18. The number of allylic oxidation sites excluding steroid dienone is 1. The summed E-state index contributed by atoms with van der Waals surface area (Å²) in [5, 5.41) is 3.37. The van der Waals surface area contributed by atoms with Crippen LogP contribution in [0.5, 0.6) is 0 Å². The van der Waals surface area contributed by atoms with Gasteiger partial charge < -0.3 is 9.72 Å². The van der Waals surface area contributed by atoms with Gasteiger partial charge >= 0.3 is 6.09 Å². The van der Waals surface area contributed by atoms with Gasteiger partial charge in [0, 0.05) is 22.6 Å². The van der Waals surface area contributed by atoms with Gasteiger partial charge in [0.15, 0.2) is 5.76 Å². The number of imide groups is 1. The third-order valence-corrected chi connectivity index (χ3v) is 6.57. The molecule has 1 aromatic heterocycles. The standard InChI is InChI=1S/C26H23FN2O4/c27-21-8-4-7-16-9-10-17(13-20(16)21)22-12-11-18(24(30)28-22)19(15-5-2-1-3-6-15)14-23-25(31)29-26(32)33-23/h4,7-15,19H,1-3,5-6H2,(H,28,30)(H,29,31,32). The van der Waals surface area contributed by atoms with Gasteiger partial charge in [-0.2, -0.15) is 0 Å². The van der Waals surface area contributed by atoms with E-state index in [4.69, 9.17) is 4.74 Å². The van der Waals surface area contributed by atoms with E-state index in [1.54, 1.807) is 30.3 Å². The highest BCUT2D eigenvalue weighted by Gasteiger charge is 2.31. The number of aromatic amines is 1. The first kappa shape index (κ1) is 21.1. The molecular weight excluding hydrogens is 423 g/mol. The number of benzene rings is 2. The molecule has 0 bridgehead atoms. The van der Waals surface area contributed by atoms with E-state index in [0.29, 0.717) is 22.2 Å². The zero-order valence-electron chi connectivity index (χ0n) is 17.9. The lowest BCUT2D eigenvalue weighted by atomic mass is 9.76. The SMILES string of the molecule is O=C1NC(=O)C(=CC(c2ccc(-c3ccc4cccc(F)c4c3)[nH]c2=O)C2CCCCC2)O1. The molecule has 1 saturated carbocycles. The minimum absolute atomic E-state index is 0.0657. The van der Waals surface area contributed by atoms with E-state index in [-0.39, 0.29) is 29.0 Å². The molecule has 33 heavy (non-hydrogen) atoms. The number of halogens is 1. The van der Waals surface area contributed by atoms with Gasteiger partial charge in [-0.3, -0.25) is 14.9 Å². The summed E-state index contributed by atoms with van der Waals surface area (Å²) in [6.45, 7) is 0. The lowest BCUT2D eigenvalue weighted by Crippen LogP contribution is -2.24. The lowest BCUT2D eigenvalue weighted by Gasteiger charge is -2.28. The first-order valence-corrected chi connectivity index (χ1v) is 11.2. The highest BCUT2D eigenvalue weighted by atomic mass is 19.1. The second-order valence-corrected chi connectivity index (χ2v) is 8.63. The summed E-state index contributed by atoms with van der Waals surface area (Å²) in [6, 6.07) is 13.8. The quantitative estimate of drug-likeness (QED) is 0.543. The number of hydrogen-bond acceptors (Lipinski definition) is 4. The Labute approximate surface area is 189 Å². The van der Waals surface area contributed by atoms with E-state index in [9.17, 15) is 18.8 Å². The van der Waals surface area contributed by atoms with Gasteiger partial charge in [0.25, 0.3) is 11.5 Å². The van der Waals surface area contributed by atoms with Crippen molar-refractivity contribution in [1.82, 2.24) is 10.3 Å². The number of cyclic esters (lactones) is 1. The van der Waals surface area contributed by atoms with E-state index < -0.39 is 12.0 Å². The molecule has 1 aliphatic carbocycles. The molecule has 0 radical (unpaired) electrons. The maximum Gasteiger partial charge on any atom is 0.419 e. The minimum atomic E-state index is -0.804. The fourth-order valence-corrected chi connectivity index (χ4v) is 4.89. The summed E-state index contributed by atoms with van der Waals surface area (Å²) >= 11 is 0. The summed E-state index contributed by atoms with van der Waals surface area (Å²) in [7, 11) is 0. The molecular formula is C26H23FN2O4. The Balaban J connectivity index is 1.53. The number of aromatic nitrogens is 1. The van der Waals surface area contributed by atoms with E-state index in [1.165, 1.54) is 6.07 Å². The molecule has 0 spiro atoms. The average Bonchev–Trinajstić information content (AvgIpc) is 3.15. The maximum atomic E-state index is 14.2. The van der Waals surface area contributed by atoms with Crippen molar-refractivity contribution in [2.45, 2.75) is 38.0 Å². The number of carbonyl (C=O) groups excluding carboxylic acids is 2. The Bertz CT molecular complexity index is 1340. The largest absolute Gasteiger partial charge is 0.419 e. The summed E-state index contributed by atoms with van der Waals surface area (Å²) in [5.74, 6) is -1.17. The van der Waals surface area contributed by atoms with Crippen LogP contribution in [0.15, 0.2) is 65.2 Å². The van der Waals surface area contributed by atoms with Crippen LogP contribution in [-0.2, 0) is 9.53 Å². The Morgan fingerprint density at radius 1 is 1.00 bits per heavy atom. The average molecular weight is 446 g/mol. The van der Waals surface area contributed by atoms with Crippen LogP contribution in [0.25, 0.3) is 22.0 Å². The van der Waals surface area contributed by atoms with E-state index in [2.05, 4.69) is 10.3 Å². The topological polar surface area (TPSA) is 88.3 Å². The monoisotopic (exact) mass is 446 g/mol. The number of H-pyrrole nitrogens is 1. The summed E-state index contributed by atoms with van der Waals surface area (Å²) in [4.78, 5) is 39.6. The molecule has 2 amide bonds. The number of nitrogens with one attached hydrogen (secondary N) is 2. The second kappa shape index (κ2) is 8.65. The smallest absolute Gasteiger partial charge is 0.404 e. The summed E-state index contributed by atoms with van der Waals surface area (Å²) in [5.41, 5.74) is 1.51. The van der Waals surface area contributed by atoms with Crippen molar-refractivity contribution < 1.29 is 18.7 Å². The number of pyridine rings is 1. The Morgan fingerprint density at radius 2 is 1.82 bits per heavy atom. The summed E-state index contributed by atoms with van der Waals surface area (Å²) in [6.07, 6.45) is 5.89. The molecule has 1 unspecified atom stereocenters. The van der Waals surface area contributed by atoms with Gasteiger partial charge in [-0.15, -0.1) is 0 Å². The lowest BCUT2D eigenvalue weighted by molar-refractivity contribution is -0.116. The zero-order valence-corrected chi connectivity index (χ0v) is 17.9. The molecule has 2 fully saturated rings. The van der Waals surface area contributed by atoms with Crippen molar-refractivity contribution in [3.8, 4) is 11.3 Å². The van der Waals surface area contributed by atoms with Crippen LogP contribution in [0.3, 0.4) is 0 Å². The van der Waals surface area contributed by atoms with E-state index in [1.807, 2.05) is 18.2 Å². The molecule has 2 heterocycles. The molecule has 5 rings (SSSR count). The van der Waals surface area contributed by atoms with Crippen molar-refractivity contribution in [2.75, 3.05) is 0 Å². The van der Waals surface area contributed by atoms with Crippen molar-refractivity contribution in [1.29, 1.82) is 0 Å². The molecule has 2 aliphatic rings. The molecule has 2 N–H and O–H groups in total. The van der Waals surface area contributed by atoms with Gasteiger partial charge in [0.2, 0.25) is 0 Å². The molecule has 2 aromatic carbocycles. The van der Waals surface area contributed by atoms with Gasteiger partial charge in [0.1, 0.15) is 5.82 Å². The molecule has 1 aliphatic heterocycles. The fourth-order valence-electron chi connectivity index (χ4n) is 4.89. The number of carbonyl (C=O) groups is 2. The minimum Gasteiger partial charge on any atom is -0.404 e. The van der Waals surface area contributed by atoms with Crippen LogP contribution in [-0.4, -0.2) is 17.0 Å². The van der Waals surface area contributed by atoms with Crippen molar-refractivity contribution in [3.05, 3.63) is 82.1 Å². The molecule has 168 valence electrons. The van der Waals surface area contributed by atoms with Gasteiger partial charge in [-0.1, -0.05) is 49.6 Å². The van der Waals surface area contributed by atoms with Gasteiger partial charge in [-0.25, -0.2) is 9.18 Å². The molecule has 1 saturated heterocycles. The van der Waals surface area contributed by atoms with Crippen molar-refractivity contribution in [2.24, 2.45) is 5.92 Å². The molecule has 1 atom stereocenters. The van der Waals surface area contributed by atoms with Gasteiger partial charge in [-0.05, 0) is 54.0 Å². The predicted molar refractivity (Wildman–Crippen MR) is 122 cm³/mol. The number of hydrogen-bond donors (Lipinski definition) is 2. The number of amides is 2. The Morgan fingerprint density at radius 3 is 2.55 bits per heavy atom. The highest BCUT2D eigenvalue weighted by Crippen LogP contribution is 2.37. The van der Waals surface area contributed by atoms with Crippen LogP contribution in [0.2, 0.25) is 0 Å². The maximum absolute atomic E-state index is 14.2. The molecule has 6 nitrogen and oxygen atoms in total. The molecule has 3 aromatic rings. The fraction of sp³-hybridized carbons (Fsp3) is 0.269. The van der Waals surface area contributed by atoms with E-state index >= 15 is 0 Å². The van der Waals surface area contributed by atoms with E-state index in [0.717, 1.165) is 37.5 Å². The van der Waals surface area contributed by atoms with Crippen LogP contribution in [0.1, 0.15) is 43.6 Å². The van der Waals surface area contributed by atoms with Crippen molar-refractivity contribution in [3.63, 3.8) is 0 Å². The predicted octanol–water partition coefficient (Wildman–Crippen LogP) is 5.15. The third-order valence-electron chi connectivity index (χ3n) is 6.57. The number of alkyl carbamates (subject to hydrolysis) is 1. The molecule has 7 heteroatoms. The Kier molecular flexibility index (Phi) is 5.54. The van der Waals surface area contributed by atoms with Crippen molar-refractivity contribution >= 4 is 22.8 Å². The normalized spacial score (nSPS) is 19.0. The zero-order chi connectivity index (χ0) is 22.9. The Hall–Kier alpha value is -3.74. The number of rotatable bonds is 4. The highest BCUT2D eigenvalue weighted by molar-refractivity contribution is 6.07. The van der Waals surface area contributed by atoms with Crippen LogP contribution in [0, 0.1) is 11.7 Å². The number of ether oxygens (including phenoxy) is 1. The van der Waals surface area contributed by atoms with Crippen LogP contribution >= 0.6 is 0 Å². The second-order valence-electron chi connectivity index (χ2n) is 8.63.